The summed E-state index contributed by atoms with van der Waals surface area (Å²) < 4.78 is 7.00. The number of carbonyl (C=O) groups excluding carboxylic acids is 2. The summed E-state index contributed by atoms with van der Waals surface area (Å²) in [4.78, 5) is 26.6. The Morgan fingerprint density at radius 3 is 2.69 bits per heavy atom. The Hall–Kier alpha value is -3.35. The van der Waals surface area contributed by atoms with Gasteiger partial charge in [-0.25, -0.2) is 0 Å². The zero-order valence-corrected chi connectivity index (χ0v) is 14.5. The van der Waals surface area contributed by atoms with Crippen molar-refractivity contribution in [2.24, 2.45) is 0 Å². The molecular formula is C19H18N4O3. The number of amides is 2. The van der Waals surface area contributed by atoms with E-state index in [2.05, 4.69) is 10.4 Å². The van der Waals surface area contributed by atoms with Gasteiger partial charge in [0.15, 0.2) is 5.82 Å². The summed E-state index contributed by atoms with van der Waals surface area (Å²) in [7, 11) is 3.35. The van der Waals surface area contributed by atoms with Crippen LogP contribution in [0.5, 0.6) is 5.75 Å². The van der Waals surface area contributed by atoms with Crippen molar-refractivity contribution in [3.8, 4) is 5.75 Å². The molecule has 0 aliphatic carbocycles. The van der Waals surface area contributed by atoms with E-state index in [4.69, 9.17) is 4.74 Å². The second-order valence-electron chi connectivity index (χ2n) is 6.18. The van der Waals surface area contributed by atoms with Crippen molar-refractivity contribution in [1.29, 1.82) is 0 Å². The third-order valence-electron chi connectivity index (χ3n) is 4.58. The molecule has 0 spiro atoms. The Labute approximate surface area is 150 Å². The van der Waals surface area contributed by atoms with Gasteiger partial charge in [0.05, 0.1) is 13.7 Å². The summed E-state index contributed by atoms with van der Waals surface area (Å²) in [6, 6.07) is 12.7. The van der Waals surface area contributed by atoms with Crippen LogP contribution in [-0.4, -0.2) is 47.2 Å². The summed E-state index contributed by atoms with van der Waals surface area (Å²) in [5.74, 6) is 0.705. The number of nitrogens with one attached hydrogen (secondary N) is 1. The van der Waals surface area contributed by atoms with E-state index in [1.807, 2.05) is 24.3 Å². The molecule has 0 saturated carbocycles. The van der Waals surface area contributed by atoms with Gasteiger partial charge in [-0.1, -0.05) is 24.3 Å². The van der Waals surface area contributed by atoms with Gasteiger partial charge >= 0.3 is 0 Å². The first kappa shape index (κ1) is 16.1. The highest BCUT2D eigenvalue weighted by Crippen LogP contribution is 2.29. The monoisotopic (exact) mass is 350 g/mol. The largest absolute Gasteiger partial charge is 0.496 e. The average molecular weight is 350 g/mol. The second kappa shape index (κ2) is 6.18. The molecular weight excluding hydrogens is 332 g/mol. The van der Waals surface area contributed by atoms with E-state index < -0.39 is 0 Å². The van der Waals surface area contributed by atoms with E-state index in [-0.39, 0.29) is 11.8 Å². The third kappa shape index (κ3) is 2.57. The van der Waals surface area contributed by atoms with Crippen LogP contribution >= 0.6 is 0 Å². The lowest BCUT2D eigenvalue weighted by atomic mass is 10.0. The van der Waals surface area contributed by atoms with Gasteiger partial charge in [0.25, 0.3) is 11.8 Å². The Bertz CT molecular complexity index is 1020. The number of benzene rings is 2. The number of rotatable bonds is 3. The summed E-state index contributed by atoms with van der Waals surface area (Å²) in [6.07, 6.45) is 0. The van der Waals surface area contributed by atoms with Gasteiger partial charge in [0.1, 0.15) is 11.4 Å². The van der Waals surface area contributed by atoms with Crippen molar-refractivity contribution in [2.45, 2.75) is 6.54 Å². The highest BCUT2D eigenvalue weighted by molar-refractivity contribution is 6.13. The summed E-state index contributed by atoms with van der Waals surface area (Å²) in [6.45, 7) is 1.21. The number of likely N-dealkylation sites (N-methyl/N-ethyl adjacent to an activating group) is 1. The molecule has 4 rings (SSSR count). The lowest BCUT2D eigenvalue weighted by Gasteiger charge is -2.22. The number of fused-ring (bicyclic) bond motifs is 2. The highest BCUT2D eigenvalue weighted by atomic mass is 16.5. The van der Waals surface area contributed by atoms with Crippen LogP contribution in [0.1, 0.15) is 20.8 Å². The van der Waals surface area contributed by atoms with Crippen LogP contribution in [0.4, 0.5) is 5.82 Å². The normalized spacial score (nSPS) is 13.6. The molecule has 1 aromatic heterocycles. The number of ether oxygens (including phenoxy) is 1. The number of aromatic nitrogens is 2. The molecule has 2 heterocycles. The van der Waals surface area contributed by atoms with Crippen molar-refractivity contribution >= 4 is 28.4 Å². The first-order chi connectivity index (χ1) is 12.6. The van der Waals surface area contributed by atoms with Gasteiger partial charge in [0.2, 0.25) is 0 Å². The molecule has 1 aliphatic heterocycles. The molecule has 0 bridgehead atoms. The summed E-state index contributed by atoms with van der Waals surface area (Å²) in [5, 5.41) is 8.79. The minimum absolute atomic E-state index is 0.0980. The Morgan fingerprint density at radius 1 is 1.15 bits per heavy atom. The van der Waals surface area contributed by atoms with E-state index >= 15 is 0 Å². The zero-order chi connectivity index (χ0) is 18.3. The maximum Gasteiger partial charge on any atom is 0.272 e. The van der Waals surface area contributed by atoms with Crippen molar-refractivity contribution in [3.05, 3.63) is 53.7 Å². The molecule has 7 heteroatoms. The molecule has 0 fully saturated rings. The van der Waals surface area contributed by atoms with Crippen LogP contribution in [0.15, 0.2) is 42.5 Å². The van der Waals surface area contributed by atoms with Crippen molar-refractivity contribution in [3.63, 3.8) is 0 Å². The molecule has 132 valence electrons. The van der Waals surface area contributed by atoms with Gasteiger partial charge in [-0.3, -0.25) is 14.3 Å². The summed E-state index contributed by atoms with van der Waals surface area (Å²) in [5.41, 5.74) is 1.00. The molecule has 1 aliphatic rings. The second-order valence-corrected chi connectivity index (χ2v) is 6.18. The number of hydrogen-bond acceptors (Lipinski definition) is 4. The predicted molar refractivity (Wildman–Crippen MR) is 97.6 cm³/mol. The van der Waals surface area contributed by atoms with Gasteiger partial charge in [-0.2, -0.15) is 5.10 Å². The first-order valence-electron chi connectivity index (χ1n) is 8.29. The van der Waals surface area contributed by atoms with Crippen LogP contribution < -0.4 is 10.1 Å². The molecule has 0 unspecified atom stereocenters. The topological polar surface area (TPSA) is 76.5 Å². The quantitative estimate of drug-likeness (QED) is 0.787. The Morgan fingerprint density at radius 2 is 1.92 bits per heavy atom. The van der Waals surface area contributed by atoms with Gasteiger partial charge in [-0.15, -0.1) is 0 Å². The Balaban J connectivity index is 1.67. The maximum atomic E-state index is 12.8. The minimum Gasteiger partial charge on any atom is -0.496 e. The lowest BCUT2D eigenvalue weighted by molar-refractivity contribution is 0.0742. The highest BCUT2D eigenvalue weighted by Gasteiger charge is 2.24. The number of anilines is 1. The molecule has 2 amide bonds. The molecule has 0 saturated heterocycles. The van der Waals surface area contributed by atoms with Gasteiger partial charge in [-0.05, 0) is 17.5 Å². The van der Waals surface area contributed by atoms with Crippen molar-refractivity contribution < 1.29 is 14.3 Å². The lowest BCUT2D eigenvalue weighted by Crippen LogP contribution is -2.37. The van der Waals surface area contributed by atoms with Crippen molar-refractivity contribution in [2.75, 3.05) is 26.0 Å². The predicted octanol–water partition coefficient (Wildman–Crippen LogP) is 2.38. The third-order valence-corrected chi connectivity index (χ3v) is 4.58. The number of carbonyl (C=O) groups is 2. The van der Waals surface area contributed by atoms with Crippen LogP contribution in [0.25, 0.3) is 10.8 Å². The average Bonchev–Trinajstić information content (AvgIpc) is 3.07. The minimum atomic E-state index is -0.278. The van der Waals surface area contributed by atoms with Gasteiger partial charge in [0, 0.05) is 30.6 Å². The van der Waals surface area contributed by atoms with E-state index in [9.17, 15) is 9.59 Å². The number of methoxy groups -OCH3 is 1. The zero-order valence-electron chi connectivity index (χ0n) is 14.5. The molecule has 0 atom stereocenters. The van der Waals surface area contributed by atoms with Crippen LogP contribution in [0.2, 0.25) is 0 Å². The van der Waals surface area contributed by atoms with Crippen molar-refractivity contribution in [1.82, 2.24) is 14.7 Å². The van der Waals surface area contributed by atoms with Crippen LogP contribution in [0.3, 0.4) is 0 Å². The maximum absolute atomic E-state index is 12.8. The van der Waals surface area contributed by atoms with E-state index in [1.165, 1.54) is 0 Å². The van der Waals surface area contributed by atoms with Crippen LogP contribution in [0, 0.1) is 0 Å². The van der Waals surface area contributed by atoms with Gasteiger partial charge < -0.3 is 15.0 Å². The SMILES string of the molecule is COc1ccc(C(=O)Nc2cc3n(n2)CCN(C)C3=O)c2ccccc12. The van der Waals surface area contributed by atoms with Crippen LogP contribution in [-0.2, 0) is 6.54 Å². The molecule has 2 aromatic carbocycles. The standard InChI is InChI=1S/C19H18N4O3/c1-22-9-10-23-15(19(22)25)11-17(21-23)20-18(24)14-7-8-16(26-2)13-6-4-3-5-12(13)14/h3-8,11H,9-10H2,1-2H3,(H,20,21,24). The Kier molecular flexibility index (Phi) is 3.84. The number of hydrogen-bond donors (Lipinski definition) is 1. The first-order valence-corrected chi connectivity index (χ1v) is 8.29. The van der Waals surface area contributed by atoms with E-state index in [0.29, 0.717) is 35.9 Å². The molecule has 1 N–H and O–H groups in total. The fourth-order valence-electron chi connectivity index (χ4n) is 3.19. The summed E-state index contributed by atoms with van der Waals surface area (Å²) >= 11 is 0. The smallest absolute Gasteiger partial charge is 0.272 e. The number of nitrogens with zero attached hydrogens (tertiary/aromatic N) is 3. The molecule has 3 aromatic rings. The fourth-order valence-corrected chi connectivity index (χ4v) is 3.19. The molecule has 7 nitrogen and oxygen atoms in total. The van der Waals surface area contributed by atoms with E-state index in [0.717, 1.165) is 10.8 Å². The molecule has 0 radical (unpaired) electrons. The van der Waals surface area contributed by atoms with E-state index in [1.54, 1.807) is 41.9 Å². The molecule has 26 heavy (non-hydrogen) atoms. The fraction of sp³-hybridized carbons (Fsp3) is 0.211.